The van der Waals surface area contributed by atoms with Gasteiger partial charge >= 0.3 is 0 Å². The van der Waals surface area contributed by atoms with Crippen molar-refractivity contribution in [2.75, 3.05) is 5.32 Å². The Bertz CT molecular complexity index is 382. The van der Waals surface area contributed by atoms with Gasteiger partial charge in [0.1, 0.15) is 5.00 Å². The smallest absolute Gasteiger partial charge is 0.130 e. The zero-order chi connectivity index (χ0) is 11.4. The molecule has 3 nitrogen and oxygen atoms in total. The van der Waals surface area contributed by atoms with Gasteiger partial charge in [0.25, 0.3) is 0 Å². The van der Waals surface area contributed by atoms with Crippen molar-refractivity contribution in [2.24, 2.45) is 16.7 Å². The van der Waals surface area contributed by atoms with Gasteiger partial charge in [0.2, 0.25) is 0 Å². The molecule has 1 heterocycles. The lowest BCUT2D eigenvalue weighted by Crippen LogP contribution is -2.45. The maximum atomic E-state index is 3.93. The third-order valence-corrected chi connectivity index (χ3v) is 5.51. The molecule has 2 bridgehead atoms. The minimum Gasteiger partial charge on any atom is -0.371 e. The van der Waals surface area contributed by atoms with Gasteiger partial charge in [-0.3, -0.25) is 0 Å². The molecule has 0 aliphatic heterocycles. The van der Waals surface area contributed by atoms with Crippen molar-refractivity contribution in [3.05, 3.63) is 6.20 Å². The lowest BCUT2D eigenvalue weighted by Gasteiger charge is -2.43. The van der Waals surface area contributed by atoms with Crippen LogP contribution in [0, 0.1) is 16.7 Å². The van der Waals surface area contributed by atoms with Crippen LogP contribution in [0.15, 0.2) is 6.20 Å². The standard InChI is InChI=1S/C12H19N3S/c1-11(2)8-4-5-12(3,6-8)10(11)14-9-7-13-15-16-9/h7-8,10,14H,4-6H2,1-3H3. The second-order valence-corrected chi connectivity index (χ2v) is 7.06. The predicted octanol–water partition coefficient (Wildman–Crippen LogP) is 3.16. The van der Waals surface area contributed by atoms with Crippen molar-refractivity contribution in [1.82, 2.24) is 9.59 Å². The van der Waals surface area contributed by atoms with Gasteiger partial charge < -0.3 is 5.32 Å². The summed E-state index contributed by atoms with van der Waals surface area (Å²) in [7, 11) is 0. The predicted molar refractivity (Wildman–Crippen MR) is 66.5 cm³/mol. The molecule has 88 valence electrons. The maximum absolute atomic E-state index is 3.93. The number of hydrogen-bond acceptors (Lipinski definition) is 4. The summed E-state index contributed by atoms with van der Waals surface area (Å²) in [6.45, 7) is 7.26. The quantitative estimate of drug-likeness (QED) is 0.858. The number of hydrogen-bond donors (Lipinski definition) is 1. The lowest BCUT2D eigenvalue weighted by molar-refractivity contribution is 0.156. The first-order valence-electron chi connectivity index (χ1n) is 6.06. The second kappa shape index (κ2) is 3.19. The van der Waals surface area contributed by atoms with E-state index in [1.807, 2.05) is 6.20 Å². The van der Waals surface area contributed by atoms with E-state index in [-0.39, 0.29) is 0 Å². The fourth-order valence-corrected chi connectivity index (χ4v) is 4.48. The molecule has 4 heteroatoms. The molecule has 1 N–H and O–H groups in total. The van der Waals surface area contributed by atoms with E-state index in [1.54, 1.807) is 0 Å². The van der Waals surface area contributed by atoms with Gasteiger partial charge in [-0.1, -0.05) is 25.3 Å². The average Bonchev–Trinajstić information content (AvgIpc) is 2.85. The summed E-state index contributed by atoms with van der Waals surface area (Å²) in [5.74, 6) is 0.885. The van der Waals surface area contributed by atoms with Crippen LogP contribution >= 0.6 is 11.5 Å². The Kier molecular flexibility index (Phi) is 2.09. The number of nitrogens with zero attached hydrogens (tertiary/aromatic N) is 2. The second-order valence-electron chi connectivity index (χ2n) is 6.27. The monoisotopic (exact) mass is 237 g/mol. The average molecular weight is 237 g/mol. The Labute approximate surface area is 101 Å². The molecule has 16 heavy (non-hydrogen) atoms. The van der Waals surface area contributed by atoms with Crippen molar-refractivity contribution in [3.63, 3.8) is 0 Å². The largest absolute Gasteiger partial charge is 0.371 e. The van der Waals surface area contributed by atoms with Gasteiger partial charge in [0.05, 0.1) is 6.20 Å². The minimum absolute atomic E-state index is 0.400. The Hall–Kier alpha value is -0.640. The minimum atomic E-state index is 0.400. The van der Waals surface area contributed by atoms with E-state index in [9.17, 15) is 0 Å². The zero-order valence-corrected chi connectivity index (χ0v) is 11.0. The number of anilines is 1. The molecule has 0 radical (unpaired) electrons. The Morgan fingerprint density at radius 3 is 2.81 bits per heavy atom. The summed E-state index contributed by atoms with van der Waals surface area (Å²) in [6, 6.07) is 0.570. The fourth-order valence-electron chi connectivity index (χ4n) is 4.04. The molecule has 2 aliphatic carbocycles. The Morgan fingerprint density at radius 1 is 1.44 bits per heavy atom. The number of fused-ring (bicyclic) bond motifs is 2. The van der Waals surface area contributed by atoms with Crippen LogP contribution in [-0.2, 0) is 0 Å². The number of aromatic nitrogens is 2. The SMILES string of the molecule is CC12CCC(C1)C(C)(C)C2Nc1cnns1. The van der Waals surface area contributed by atoms with E-state index in [0.717, 1.165) is 10.9 Å². The molecule has 3 atom stereocenters. The van der Waals surface area contributed by atoms with Gasteiger partial charge in [-0.25, -0.2) is 0 Å². The molecule has 0 saturated heterocycles. The number of nitrogens with one attached hydrogen (secondary N) is 1. The van der Waals surface area contributed by atoms with Crippen LogP contribution < -0.4 is 5.32 Å². The van der Waals surface area contributed by atoms with Crippen LogP contribution in [-0.4, -0.2) is 15.6 Å². The maximum Gasteiger partial charge on any atom is 0.130 e. The van der Waals surface area contributed by atoms with Crippen LogP contribution in [0.2, 0.25) is 0 Å². The van der Waals surface area contributed by atoms with E-state index in [1.165, 1.54) is 30.8 Å². The Balaban J connectivity index is 1.88. The molecule has 1 aromatic rings. The van der Waals surface area contributed by atoms with Crippen LogP contribution in [0.25, 0.3) is 0 Å². The van der Waals surface area contributed by atoms with E-state index in [4.69, 9.17) is 0 Å². The number of rotatable bonds is 2. The molecule has 0 aromatic carbocycles. The first-order valence-corrected chi connectivity index (χ1v) is 6.84. The fraction of sp³-hybridized carbons (Fsp3) is 0.833. The third-order valence-electron chi connectivity index (χ3n) is 4.92. The molecule has 0 spiro atoms. The molecular weight excluding hydrogens is 218 g/mol. The summed E-state index contributed by atoms with van der Waals surface area (Å²) in [5.41, 5.74) is 0.870. The molecule has 2 aliphatic rings. The van der Waals surface area contributed by atoms with Gasteiger partial charge in [-0.2, -0.15) is 0 Å². The van der Waals surface area contributed by atoms with Crippen molar-refractivity contribution >= 4 is 16.5 Å². The van der Waals surface area contributed by atoms with Crippen molar-refractivity contribution in [2.45, 2.75) is 46.1 Å². The van der Waals surface area contributed by atoms with Crippen LogP contribution in [0.3, 0.4) is 0 Å². The van der Waals surface area contributed by atoms with Crippen molar-refractivity contribution < 1.29 is 0 Å². The van der Waals surface area contributed by atoms with Gasteiger partial charge in [-0.05, 0) is 36.0 Å². The van der Waals surface area contributed by atoms with Gasteiger partial charge in [0, 0.05) is 17.6 Å². The first kappa shape index (κ1) is 10.5. The summed E-state index contributed by atoms with van der Waals surface area (Å²) in [5, 5.41) is 8.70. The molecule has 0 amide bonds. The summed E-state index contributed by atoms with van der Waals surface area (Å²) >= 11 is 1.46. The topological polar surface area (TPSA) is 37.8 Å². The molecule has 3 rings (SSSR count). The Morgan fingerprint density at radius 2 is 2.25 bits per heavy atom. The van der Waals surface area contributed by atoms with E-state index in [0.29, 0.717) is 16.9 Å². The normalized spacial score (nSPS) is 40.2. The van der Waals surface area contributed by atoms with E-state index >= 15 is 0 Å². The zero-order valence-electron chi connectivity index (χ0n) is 10.2. The highest BCUT2D eigenvalue weighted by atomic mass is 32.1. The summed E-state index contributed by atoms with van der Waals surface area (Å²) in [6.07, 6.45) is 5.99. The molecule has 2 fully saturated rings. The van der Waals surface area contributed by atoms with Gasteiger partial charge in [0.15, 0.2) is 0 Å². The third kappa shape index (κ3) is 1.32. The summed E-state index contributed by atoms with van der Waals surface area (Å²) < 4.78 is 3.93. The lowest BCUT2D eigenvalue weighted by atomic mass is 9.68. The highest BCUT2D eigenvalue weighted by molar-refractivity contribution is 7.09. The van der Waals surface area contributed by atoms with E-state index in [2.05, 4.69) is 35.7 Å². The van der Waals surface area contributed by atoms with E-state index < -0.39 is 0 Å². The van der Waals surface area contributed by atoms with Crippen LogP contribution in [0.4, 0.5) is 5.00 Å². The molecule has 2 saturated carbocycles. The highest BCUT2D eigenvalue weighted by Gasteiger charge is 2.59. The summed E-state index contributed by atoms with van der Waals surface area (Å²) in [4.78, 5) is 0. The van der Waals surface area contributed by atoms with Crippen molar-refractivity contribution in [3.8, 4) is 0 Å². The molecular formula is C12H19N3S. The molecule has 1 aromatic heterocycles. The molecule has 3 unspecified atom stereocenters. The van der Waals surface area contributed by atoms with Gasteiger partial charge in [-0.15, -0.1) is 5.10 Å². The van der Waals surface area contributed by atoms with Crippen molar-refractivity contribution in [1.29, 1.82) is 0 Å². The van der Waals surface area contributed by atoms with Crippen LogP contribution in [0.1, 0.15) is 40.0 Å². The highest BCUT2D eigenvalue weighted by Crippen LogP contribution is 2.63. The van der Waals surface area contributed by atoms with Crippen LogP contribution in [0.5, 0.6) is 0 Å². The first-order chi connectivity index (χ1) is 7.52.